The van der Waals surface area contributed by atoms with Gasteiger partial charge in [0.15, 0.2) is 0 Å². The van der Waals surface area contributed by atoms with Crippen molar-refractivity contribution in [1.82, 2.24) is 4.57 Å². The van der Waals surface area contributed by atoms with E-state index in [0.717, 1.165) is 29.8 Å². The molecule has 3 heteroatoms. The predicted molar refractivity (Wildman–Crippen MR) is 84.4 cm³/mol. The maximum Gasteiger partial charge on any atom is 0.127 e. The molecule has 0 N–H and O–H groups in total. The van der Waals surface area contributed by atoms with Gasteiger partial charge >= 0.3 is 0 Å². The van der Waals surface area contributed by atoms with E-state index in [9.17, 15) is 0 Å². The van der Waals surface area contributed by atoms with Crippen molar-refractivity contribution >= 4 is 26.8 Å². The standard InChI is InChI=1S/C17H14BrNO/c18-15-9-13-6-8-20-17(13)14(10-15)11-19-7-5-12-3-1-2-4-16(12)19/h1-5,7,9-10H,6,8,11H2. The summed E-state index contributed by atoms with van der Waals surface area (Å²) < 4.78 is 9.22. The summed E-state index contributed by atoms with van der Waals surface area (Å²) in [5.74, 6) is 1.07. The molecule has 0 spiro atoms. The number of para-hydroxylation sites is 1. The molecule has 1 aliphatic heterocycles. The molecule has 100 valence electrons. The quantitative estimate of drug-likeness (QED) is 0.681. The highest BCUT2D eigenvalue weighted by Crippen LogP contribution is 2.34. The van der Waals surface area contributed by atoms with Crippen molar-refractivity contribution in [2.75, 3.05) is 6.61 Å². The second-order valence-electron chi connectivity index (χ2n) is 5.15. The zero-order valence-electron chi connectivity index (χ0n) is 11.0. The van der Waals surface area contributed by atoms with E-state index in [2.05, 4.69) is 69.2 Å². The number of rotatable bonds is 2. The van der Waals surface area contributed by atoms with Crippen molar-refractivity contribution in [2.24, 2.45) is 0 Å². The topological polar surface area (TPSA) is 14.2 Å². The Kier molecular flexibility index (Phi) is 2.81. The number of ether oxygens (including phenoxy) is 1. The molecule has 0 unspecified atom stereocenters. The fraction of sp³-hybridized carbons (Fsp3) is 0.176. The Labute approximate surface area is 126 Å². The van der Waals surface area contributed by atoms with Gasteiger partial charge in [-0.2, -0.15) is 0 Å². The fourth-order valence-corrected chi connectivity index (χ4v) is 3.48. The highest BCUT2D eigenvalue weighted by atomic mass is 79.9. The number of hydrogen-bond acceptors (Lipinski definition) is 1. The smallest absolute Gasteiger partial charge is 0.127 e. The molecule has 1 aliphatic rings. The first-order valence-electron chi connectivity index (χ1n) is 6.79. The minimum absolute atomic E-state index is 0.797. The molecule has 4 rings (SSSR count). The van der Waals surface area contributed by atoms with Crippen molar-refractivity contribution in [3.05, 3.63) is 64.3 Å². The van der Waals surface area contributed by atoms with Crippen LogP contribution in [0.1, 0.15) is 11.1 Å². The molecule has 2 nitrogen and oxygen atoms in total. The predicted octanol–water partition coefficient (Wildman–Crippen LogP) is 4.39. The molecule has 0 bridgehead atoms. The molecular formula is C17H14BrNO. The van der Waals surface area contributed by atoms with E-state index >= 15 is 0 Å². The van der Waals surface area contributed by atoms with Crippen molar-refractivity contribution < 1.29 is 4.74 Å². The lowest BCUT2D eigenvalue weighted by Crippen LogP contribution is -2.00. The van der Waals surface area contributed by atoms with Gasteiger partial charge < -0.3 is 9.30 Å². The zero-order valence-corrected chi connectivity index (χ0v) is 12.6. The first-order chi connectivity index (χ1) is 9.81. The van der Waals surface area contributed by atoms with Crippen LogP contribution in [0.25, 0.3) is 10.9 Å². The van der Waals surface area contributed by atoms with Crippen LogP contribution in [0.4, 0.5) is 0 Å². The lowest BCUT2D eigenvalue weighted by molar-refractivity contribution is 0.353. The number of halogens is 1. The second-order valence-corrected chi connectivity index (χ2v) is 6.07. The SMILES string of the molecule is Brc1cc2c(c(Cn3ccc4ccccc43)c1)OCC2. The van der Waals surface area contributed by atoms with Crippen LogP contribution in [-0.2, 0) is 13.0 Å². The van der Waals surface area contributed by atoms with Crippen LogP contribution in [0.3, 0.4) is 0 Å². The van der Waals surface area contributed by atoms with Crippen LogP contribution in [0, 0.1) is 0 Å². The van der Waals surface area contributed by atoms with Crippen LogP contribution in [-0.4, -0.2) is 11.2 Å². The van der Waals surface area contributed by atoms with E-state index in [1.54, 1.807) is 0 Å². The van der Waals surface area contributed by atoms with Gasteiger partial charge in [-0.05, 0) is 35.2 Å². The minimum Gasteiger partial charge on any atom is -0.493 e. The Morgan fingerprint density at radius 1 is 1.15 bits per heavy atom. The molecular weight excluding hydrogens is 314 g/mol. The third-order valence-electron chi connectivity index (χ3n) is 3.85. The molecule has 2 aromatic carbocycles. The van der Waals surface area contributed by atoms with Gasteiger partial charge in [-0.15, -0.1) is 0 Å². The first-order valence-corrected chi connectivity index (χ1v) is 7.58. The number of benzene rings is 2. The summed E-state index contributed by atoms with van der Waals surface area (Å²) in [6.45, 7) is 1.64. The van der Waals surface area contributed by atoms with E-state index in [0.29, 0.717) is 0 Å². The molecule has 0 saturated carbocycles. The molecule has 3 aromatic rings. The van der Waals surface area contributed by atoms with Gasteiger partial charge in [0.25, 0.3) is 0 Å². The largest absolute Gasteiger partial charge is 0.493 e. The van der Waals surface area contributed by atoms with Crippen LogP contribution in [0.5, 0.6) is 5.75 Å². The Morgan fingerprint density at radius 3 is 3.00 bits per heavy atom. The van der Waals surface area contributed by atoms with E-state index in [-0.39, 0.29) is 0 Å². The summed E-state index contributed by atoms with van der Waals surface area (Å²) in [4.78, 5) is 0. The van der Waals surface area contributed by atoms with E-state index in [4.69, 9.17) is 4.74 Å². The van der Waals surface area contributed by atoms with E-state index in [1.807, 2.05) is 0 Å². The minimum atomic E-state index is 0.797. The van der Waals surface area contributed by atoms with Gasteiger partial charge in [0, 0.05) is 28.2 Å². The number of aromatic nitrogens is 1. The van der Waals surface area contributed by atoms with Gasteiger partial charge in [0.1, 0.15) is 5.75 Å². The highest BCUT2D eigenvalue weighted by Gasteiger charge is 2.17. The normalized spacial score (nSPS) is 13.4. The fourth-order valence-electron chi connectivity index (χ4n) is 2.93. The van der Waals surface area contributed by atoms with Crippen LogP contribution < -0.4 is 4.74 Å². The molecule has 0 atom stereocenters. The summed E-state index contributed by atoms with van der Waals surface area (Å²) in [5.41, 5.74) is 3.82. The van der Waals surface area contributed by atoms with Crippen molar-refractivity contribution in [3.63, 3.8) is 0 Å². The zero-order chi connectivity index (χ0) is 13.5. The average Bonchev–Trinajstić information content (AvgIpc) is 3.06. The van der Waals surface area contributed by atoms with Crippen molar-refractivity contribution in [2.45, 2.75) is 13.0 Å². The second kappa shape index (κ2) is 4.67. The monoisotopic (exact) mass is 327 g/mol. The van der Waals surface area contributed by atoms with Crippen LogP contribution >= 0.6 is 15.9 Å². The lowest BCUT2D eigenvalue weighted by atomic mass is 10.1. The Morgan fingerprint density at radius 2 is 2.05 bits per heavy atom. The third kappa shape index (κ3) is 1.93. The lowest BCUT2D eigenvalue weighted by Gasteiger charge is -2.11. The first kappa shape index (κ1) is 12.0. The molecule has 0 aliphatic carbocycles. The van der Waals surface area contributed by atoms with Crippen molar-refractivity contribution in [1.29, 1.82) is 0 Å². The molecule has 0 fully saturated rings. The van der Waals surface area contributed by atoms with Gasteiger partial charge in [0.05, 0.1) is 13.2 Å². The highest BCUT2D eigenvalue weighted by molar-refractivity contribution is 9.10. The summed E-state index contributed by atoms with van der Waals surface area (Å²) in [7, 11) is 0. The summed E-state index contributed by atoms with van der Waals surface area (Å²) in [6.07, 6.45) is 3.15. The Hall–Kier alpha value is -1.74. The van der Waals surface area contributed by atoms with E-state index in [1.165, 1.54) is 22.0 Å². The maximum atomic E-state index is 5.81. The van der Waals surface area contributed by atoms with Gasteiger partial charge in [-0.3, -0.25) is 0 Å². The Balaban J connectivity index is 1.80. The average molecular weight is 328 g/mol. The Bertz CT molecular complexity index is 791. The number of hydrogen-bond donors (Lipinski definition) is 0. The molecule has 0 radical (unpaired) electrons. The summed E-state index contributed by atoms with van der Waals surface area (Å²) >= 11 is 3.60. The molecule has 0 amide bonds. The maximum absolute atomic E-state index is 5.81. The van der Waals surface area contributed by atoms with Crippen LogP contribution in [0.15, 0.2) is 53.1 Å². The molecule has 0 saturated heterocycles. The van der Waals surface area contributed by atoms with Gasteiger partial charge in [0.2, 0.25) is 0 Å². The molecule has 20 heavy (non-hydrogen) atoms. The molecule has 2 heterocycles. The molecule has 1 aromatic heterocycles. The summed E-state index contributed by atoms with van der Waals surface area (Å²) in [5, 5.41) is 1.28. The third-order valence-corrected chi connectivity index (χ3v) is 4.30. The van der Waals surface area contributed by atoms with Crippen molar-refractivity contribution in [3.8, 4) is 5.75 Å². The summed E-state index contributed by atoms with van der Waals surface area (Å²) in [6, 6.07) is 15.0. The van der Waals surface area contributed by atoms with Gasteiger partial charge in [-0.25, -0.2) is 0 Å². The number of fused-ring (bicyclic) bond motifs is 2. The number of nitrogens with zero attached hydrogens (tertiary/aromatic N) is 1. The van der Waals surface area contributed by atoms with Gasteiger partial charge in [-0.1, -0.05) is 34.1 Å². The van der Waals surface area contributed by atoms with Crippen LogP contribution in [0.2, 0.25) is 0 Å². The van der Waals surface area contributed by atoms with E-state index < -0.39 is 0 Å².